The Bertz CT molecular complexity index is 361. The molecule has 0 heterocycles. The third-order valence-electron chi connectivity index (χ3n) is 2.72. The standard InChI is InChI=1S/C13H18BrNO/c1-9(15)6-11-4-5-12(14)13(7-11)16-8-10-2-3-10/h4-5,7,9-10H,2-3,6,8,15H2,1H3. The van der Waals surface area contributed by atoms with E-state index in [2.05, 4.69) is 28.1 Å². The van der Waals surface area contributed by atoms with E-state index in [9.17, 15) is 0 Å². The molecule has 2 nitrogen and oxygen atoms in total. The highest BCUT2D eigenvalue weighted by molar-refractivity contribution is 9.10. The Kier molecular flexibility index (Phi) is 3.87. The molecule has 1 saturated carbocycles. The average Bonchev–Trinajstić information content (AvgIpc) is 3.02. The lowest BCUT2D eigenvalue weighted by atomic mass is 10.1. The van der Waals surface area contributed by atoms with Gasteiger partial charge in [-0.15, -0.1) is 0 Å². The Hall–Kier alpha value is -0.540. The molecule has 88 valence electrons. The number of nitrogens with two attached hydrogens (primary N) is 1. The van der Waals surface area contributed by atoms with E-state index in [0.29, 0.717) is 0 Å². The smallest absolute Gasteiger partial charge is 0.133 e. The summed E-state index contributed by atoms with van der Waals surface area (Å²) in [7, 11) is 0. The van der Waals surface area contributed by atoms with Crippen LogP contribution in [-0.2, 0) is 6.42 Å². The molecule has 0 saturated heterocycles. The van der Waals surface area contributed by atoms with E-state index < -0.39 is 0 Å². The second-order valence-corrected chi connectivity index (χ2v) is 5.55. The van der Waals surface area contributed by atoms with E-state index in [-0.39, 0.29) is 6.04 Å². The first-order valence-corrected chi connectivity index (χ1v) is 6.61. The van der Waals surface area contributed by atoms with Crippen LogP contribution < -0.4 is 10.5 Å². The molecule has 0 amide bonds. The Labute approximate surface area is 105 Å². The zero-order chi connectivity index (χ0) is 11.5. The quantitative estimate of drug-likeness (QED) is 0.901. The monoisotopic (exact) mass is 283 g/mol. The van der Waals surface area contributed by atoms with E-state index >= 15 is 0 Å². The van der Waals surface area contributed by atoms with Crippen LogP contribution in [0, 0.1) is 5.92 Å². The fraction of sp³-hybridized carbons (Fsp3) is 0.538. The topological polar surface area (TPSA) is 35.2 Å². The Balaban J connectivity index is 2.02. The maximum Gasteiger partial charge on any atom is 0.133 e. The normalized spacial score (nSPS) is 17.2. The number of hydrogen-bond donors (Lipinski definition) is 1. The van der Waals surface area contributed by atoms with Crippen LogP contribution in [0.4, 0.5) is 0 Å². The minimum absolute atomic E-state index is 0.192. The van der Waals surface area contributed by atoms with Gasteiger partial charge in [-0.2, -0.15) is 0 Å². The van der Waals surface area contributed by atoms with Crippen LogP contribution in [0.3, 0.4) is 0 Å². The molecule has 0 bridgehead atoms. The molecule has 1 aromatic rings. The van der Waals surface area contributed by atoms with Crippen molar-refractivity contribution < 1.29 is 4.74 Å². The van der Waals surface area contributed by atoms with Gasteiger partial charge < -0.3 is 10.5 Å². The minimum atomic E-state index is 0.192. The molecule has 0 aliphatic heterocycles. The predicted molar refractivity (Wildman–Crippen MR) is 69.7 cm³/mol. The Morgan fingerprint density at radius 2 is 2.25 bits per heavy atom. The highest BCUT2D eigenvalue weighted by Crippen LogP contribution is 2.32. The molecular weight excluding hydrogens is 266 g/mol. The lowest BCUT2D eigenvalue weighted by molar-refractivity contribution is 0.297. The average molecular weight is 284 g/mol. The van der Waals surface area contributed by atoms with Crippen LogP contribution in [-0.4, -0.2) is 12.6 Å². The molecule has 0 radical (unpaired) electrons. The molecule has 3 heteroatoms. The molecule has 1 aromatic carbocycles. The number of benzene rings is 1. The number of halogens is 1. The molecule has 0 aromatic heterocycles. The van der Waals surface area contributed by atoms with Gasteiger partial charge in [0.05, 0.1) is 11.1 Å². The SMILES string of the molecule is CC(N)Cc1ccc(Br)c(OCC2CC2)c1. The van der Waals surface area contributed by atoms with Gasteiger partial charge in [0.25, 0.3) is 0 Å². The van der Waals surface area contributed by atoms with Crippen molar-refractivity contribution in [1.29, 1.82) is 0 Å². The lowest BCUT2D eigenvalue weighted by Crippen LogP contribution is -2.17. The van der Waals surface area contributed by atoms with Crippen molar-refractivity contribution in [1.82, 2.24) is 0 Å². The first kappa shape index (κ1) is 11.9. The van der Waals surface area contributed by atoms with Crippen LogP contribution in [0.2, 0.25) is 0 Å². The van der Waals surface area contributed by atoms with E-state index in [0.717, 1.165) is 29.2 Å². The molecule has 1 fully saturated rings. The van der Waals surface area contributed by atoms with Gasteiger partial charge in [0.15, 0.2) is 0 Å². The first-order valence-electron chi connectivity index (χ1n) is 5.82. The zero-order valence-electron chi connectivity index (χ0n) is 9.58. The maximum absolute atomic E-state index is 5.80. The van der Waals surface area contributed by atoms with Crippen LogP contribution in [0.1, 0.15) is 25.3 Å². The summed E-state index contributed by atoms with van der Waals surface area (Å²) in [4.78, 5) is 0. The zero-order valence-corrected chi connectivity index (χ0v) is 11.2. The van der Waals surface area contributed by atoms with Gasteiger partial charge in [0.1, 0.15) is 5.75 Å². The third kappa shape index (κ3) is 3.49. The molecule has 16 heavy (non-hydrogen) atoms. The lowest BCUT2D eigenvalue weighted by Gasteiger charge is -2.11. The summed E-state index contributed by atoms with van der Waals surface area (Å²) in [6, 6.07) is 6.42. The number of rotatable bonds is 5. The van der Waals surface area contributed by atoms with E-state index in [1.807, 2.05) is 13.0 Å². The van der Waals surface area contributed by atoms with Crippen molar-refractivity contribution in [3.05, 3.63) is 28.2 Å². The van der Waals surface area contributed by atoms with E-state index in [1.54, 1.807) is 0 Å². The van der Waals surface area contributed by atoms with Gasteiger partial charge >= 0.3 is 0 Å². The summed E-state index contributed by atoms with van der Waals surface area (Å²) in [5.74, 6) is 1.73. The molecule has 2 rings (SSSR count). The second-order valence-electron chi connectivity index (χ2n) is 4.70. The first-order chi connectivity index (χ1) is 7.65. The van der Waals surface area contributed by atoms with E-state index in [4.69, 9.17) is 10.5 Å². The fourth-order valence-electron chi connectivity index (χ4n) is 1.65. The summed E-state index contributed by atoms with van der Waals surface area (Å²) < 4.78 is 6.82. The second kappa shape index (κ2) is 5.19. The van der Waals surface area contributed by atoms with Crippen LogP contribution in [0.15, 0.2) is 22.7 Å². The minimum Gasteiger partial charge on any atom is -0.492 e. The third-order valence-corrected chi connectivity index (χ3v) is 3.38. The molecule has 2 N–H and O–H groups in total. The van der Waals surface area contributed by atoms with Crippen LogP contribution >= 0.6 is 15.9 Å². The van der Waals surface area contributed by atoms with Crippen molar-refractivity contribution in [3.8, 4) is 5.75 Å². The van der Waals surface area contributed by atoms with Crippen molar-refractivity contribution in [3.63, 3.8) is 0 Å². The fourth-order valence-corrected chi connectivity index (χ4v) is 2.01. The molecular formula is C13H18BrNO. The largest absolute Gasteiger partial charge is 0.492 e. The van der Waals surface area contributed by atoms with Gasteiger partial charge in [0.2, 0.25) is 0 Å². The Morgan fingerprint density at radius 3 is 2.88 bits per heavy atom. The molecule has 1 aliphatic rings. The summed E-state index contributed by atoms with van der Waals surface area (Å²) in [6.45, 7) is 2.87. The summed E-state index contributed by atoms with van der Waals surface area (Å²) in [5.41, 5.74) is 7.03. The molecule has 1 atom stereocenters. The van der Waals surface area contributed by atoms with Crippen LogP contribution in [0.5, 0.6) is 5.75 Å². The van der Waals surface area contributed by atoms with E-state index in [1.165, 1.54) is 18.4 Å². The summed E-state index contributed by atoms with van der Waals surface area (Å²) in [5, 5.41) is 0. The van der Waals surface area contributed by atoms with Gasteiger partial charge in [-0.3, -0.25) is 0 Å². The summed E-state index contributed by atoms with van der Waals surface area (Å²) in [6.07, 6.45) is 3.53. The highest BCUT2D eigenvalue weighted by Gasteiger charge is 2.22. The van der Waals surface area contributed by atoms with Gasteiger partial charge in [-0.1, -0.05) is 6.07 Å². The molecule has 0 spiro atoms. The highest BCUT2D eigenvalue weighted by atomic mass is 79.9. The van der Waals surface area contributed by atoms with Crippen molar-refractivity contribution >= 4 is 15.9 Å². The number of hydrogen-bond acceptors (Lipinski definition) is 2. The summed E-state index contributed by atoms with van der Waals surface area (Å²) >= 11 is 3.51. The predicted octanol–water partition coefficient (Wildman–Crippen LogP) is 3.13. The van der Waals surface area contributed by atoms with Gasteiger partial charge in [-0.25, -0.2) is 0 Å². The van der Waals surface area contributed by atoms with Crippen LogP contribution in [0.25, 0.3) is 0 Å². The van der Waals surface area contributed by atoms with Crippen molar-refractivity contribution in [2.75, 3.05) is 6.61 Å². The van der Waals surface area contributed by atoms with Crippen molar-refractivity contribution in [2.24, 2.45) is 11.7 Å². The van der Waals surface area contributed by atoms with Gasteiger partial charge in [-0.05, 0) is 65.7 Å². The molecule has 1 unspecified atom stereocenters. The maximum atomic E-state index is 5.80. The van der Waals surface area contributed by atoms with Gasteiger partial charge in [0, 0.05) is 6.04 Å². The molecule has 1 aliphatic carbocycles. The Morgan fingerprint density at radius 1 is 1.50 bits per heavy atom. The number of ether oxygens (including phenoxy) is 1. The van der Waals surface area contributed by atoms with Crippen molar-refractivity contribution in [2.45, 2.75) is 32.2 Å².